The van der Waals surface area contributed by atoms with E-state index >= 15 is 0 Å². The van der Waals surface area contributed by atoms with Gasteiger partial charge < -0.3 is 9.84 Å². The first-order valence-electron chi connectivity index (χ1n) is 5.05. The SMILES string of the molecule is COCCn1cc(-c2ccc(C(=O)O)s2)cn1. The number of aromatic carboxylic acids is 1. The predicted molar refractivity (Wildman–Crippen MR) is 64.4 cm³/mol. The van der Waals surface area contributed by atoms with Crippen LogP contribution >= 0.6 is 11.3 Å². The van der Waals surface area contributed by atoms with Crippen molar-refractivity contribution in [1.29, 1.82) is 0 Å². The van der Waals surface area contributed by atoms with Crippen LogP contribution in [-0.2, 0) is 11.3 Å². The lowest BCUT2D eigenvalue weighted by Crippen LogP contribution is -2.03. The Morgan fingerprint density at radius 3 is 3.06 bits per heavy atom. The van der Waals surface area contributed by atoms with Gasteiger partial charge in [0.25, 0.3) is 0 Å². The summed E-state index contributed by atoms with van der Waals surface area (Å²) in [7, 11) is 1.64. The molecule has 0 atom stereocenters. The van der Waals surface area contributed by atoms with Crippen LogP contribution in [0.2, 0.25) is 0 Å². The van der Waals surface area contributed by atoms with Crippen molar-refractivity contribution in [3.8, 4) is 10.4 Å². The third-order valence-electron chi connectivity index (χ3n) is 2.26. The first-order valence-corrected chi connectivity index (χ1v) is 5.87. The van der Waals surface area contributed by atoms with Crippen molar-refractivity contribution >= 4 is 17.3 Å². The Morgan fingerprint density at radius 1 is 1.59 bits per heavy atom. The van der Waals surface area contributed by atoms with Crippen molar-refractivity contribution in [2.75, 3.05) is 13.7 Å². The van der Waals surface area contributed by atoms with Crippen LogP contribution in [0.25, 0.3) is 10.4 Å². The van der Waals surface area contributed by atoms with Gasteiger partial charge in [0.2, 0.25) is 0 Å². The molecular formula is C11H12N2O3S. The highest BCUT2D eigenvalue weighted by Gasteiger charge is 2.09. The van der Waals surface area contributed by atoms with Gasteiger partial charge in [0.1, 0.15) is 4.88 Å². The maximum absolute atomic E-state index is 10.8. The molecule has 0 aliphatic carbocycles. The molecule has 0 aromatic carbocycles. The van der Waals surface area contributed by atoms with E-state index in [1.807, 2.05) is 6.20 Å². The van der Waals surface area contributed by atoms with E-state index < -0.39 is 5.97 Å². The average Bonchev–Trinajstić information content (AvgIpc) is 2.94. The zero-order valence-corrected chi connectivity index (χ0v) is 10.1. The minimum Gasteiger partial charge on any atom is -0.477 e. The normalized spacial score (nSPS) is 10.6. The van der Waals surface area contributed by atoms with Gasteiger partial charge in [0.15, 0.2) is 0 Å². The molecule has 0 radical (unpaired) electrons. The highest BCUT2D eigenvalue weighted by molar-refractivity contribution is 7.17. The van der Waals surface area contributed by atoms with E-state index in [9.17, 15) is 4.79 Å². The molecule has 1 N–H and O–H groups in total. The Hall–Kier alpha value is -1.66. The van der Waals surface area contributed by atoms with Crippen LogP contribution in [-0.4, -0.2) is 34.6 Å². The van der Waals surface area contributed by atoms with Crippen LogP contribution in [0.5, 0.6) is 0 Å². The van der Waals surface area contributed by atoms with Gasteiger partial charge in [-0.25, -0.2) is 4.79 Å². The van der Waals surface area contributed by atoms with Gasteiger partial charge in [-0.1, -0.05) is 0 Å². The van der Waals surface area contributed by atoms with E-state index in [2.05, 4.69) is 5.10 Å². The van der Waals surface area contributed by atoms with Crippen molar-refractivity contribution in [3.63, 3.8) is 0 Å². The maximum Gasteiger partial charge on any atom is 0.345 e. The number of hydrogen-bond donors (Lipinski definition) is 1. The zero-order valence-electron chi connectivity index (χ0n) is 9.29. The Bertz CT molecular complexity index is 518. The second kappa shape index (κ2) is 5.11. The monoisotopic (exact) mass is 252 g/mol. The summed E-state index contributed by atoms with van der Waals surface area (Å²) in [5, 5.41) is 13.0. The molecule has 0 fully saturated rings. The lowest BCUT2D eigenvalue weighted by atomic mass is 10.3. The summed E-state index contributed by atoms with van der Waals surface area (Å²) in [4.78, 5) is 12.0. The quantitative estimate of drug-likeness (QED) is 0.883. The molecule has 0 saturated heterocycles. The number of carbonyl (C=O) groups is 1. The van der Waals surface area contributed by atoms with Gasteiger partial charge in [-0.05, 0) is 12.1 Å². The van der Waals surface area contributed by atoms with Crippen molar-refractivity contribution in [1.82, 2.24) is 9.78 Å². The Morgan fingerprint density at radius 2 is 2.41 bits per heavy atom. The third-order valence-corrected chi connectivity index (χ3v) is 3.38. The molecule has 2 heterocycles. The number of thiophene rings is 1. The van der Waals surface area contributed by atoms with Gasteiger partial charge in [-0.15, -0.1) is 11.3 Å². The zero-order chi connectivity index (χ0) is 12.3. The molecule has 0 unspecified atom stereocenters. The summed E-state index contributed by atoms with van der Waals surface area (Å²) in [5.74, 6) is -0.895. The molecule has 0 aliphatic rings. The Balaban J connectivity index is 2.15. The van der Waals surface area contributed by atoms with Crippen LogP contribution in [0.3, 0.4) is 0 Å². The van der Waals surface area contributed by atoms with Gasteiger partial charge in [0, 0.05) is 23.7 Å². The first-order chi connectivity index (χ1) is 8.20. The molecule has 5 nitrogen and oxygen atoms in total. The van der Waals surface area contributed by atoms with Crippen LogP contribution < -0.4 is 0 Å². The highest BCUT2D eigenvalue weighted by atomic mass is 32.1. The van der Waals surface area contributed by atoms with Crippen LogP contribution in [0.15, 0.2) is 24.5 Å². The fourth-order valence-corrected chi connectivity index (χ4v) is 2.23. The Kier molecular flexibility index (Phi) is 3.55. The summed E-state index contributed by atoms with van der Waals surface area (Å²) < 4.78 is 6.74. The fraction of sp³-hybridized carbons (Fsp3) is 0.273. The van der Waals surface area contributed by atoms with E-state index in [1.165, 1.54) is 11.3 Å². The number of aromatic nitrogens is 2. The molecule has 0 bridgehead atoms. The van der Waals surface area contributed by atoms with Gasteiger partial charge in [0.05, 0.1) is 19.3 Å². The number of carboxylic acids is 1. The van der Waals surface area contributed by atoms with E-state index in [0.29, 0.717) is 18.0 Å². The van der Waals surface area contributed by atoms with Gasteiger partial charge in [-0.3, -0.25) is 4.68 Å². The van der Waals surface area contributed by atoms with Crippen LogP contribution in [0, 0.1) is 0 Å². The van der Waals surface area contributed by atoms with E-state index in [0.717, 1.165) is 10.4 Å². The number of rotatable bonds is 5. The second-order valence-corrected chi connectivity index (χ2v) is 4.54. The van der Waals surface area contributed by atoms with Crippen molar-refractivity contribution < 1.29 is 14.6 Å². The minimum atomic E-state index is -0.895. The fourth-order valence-electron chi connectivity index (χ4n) is 1.41. The molecule has 0 spiro atoms. The lowest BCUT2D eigenvalue weighted by Gasteiger charge is -1.97. The summed E-state index contributed by atoms with van der Waals surface area (Å²) in [6.45, 7) is 1.29. The molecule has 17 heavy (non-hydrogen) atoms. The number of nitrogens with zero attached hydrogens (tertiary/aromatic N) is 2. The molecule has 2 aromatic heterocycles. The largest absolute Gasteiger partial charge is 0.477 e. The molecule has 0 aliphatic heterocycles. The standard InChI is InChI=1S/C11H12N2O3S/c1-16-5-4-13-7-8(6-12-13)9-2-3-10(17-9)11(14)15/h2-3,6-7H,4-5H2,1H3,(H,14,15). The number of ether oxygens (including phenoxy) is 1. The molecule has 90 valence electrons. The van der Waals surface area contributed by atoms with E-state index in [-0.39, 0.29) is 0 Å². The summed E-state index contributed by atoms with van der Waals surface area (Å²) in [6.07, 6.45) is 3.61. The smallest absolute Gasteiger partial charge is 0.345 e. The molecule has 0 saturated carbocycles. The van der Waals surface area contributed by atoms with Crippen molar-refractivity contribution in [3.05, 3.63) is 29.4 Å². The predicted octanol–water partition coefficient (Wildman–Crippen LogP) is 1.96. The topological polar surface area (TPSA) is 64.3 Å². The highest BCUT2D eigenvalue weighted by Crippen LogP contribution is 2.27. The first kappa shape index (κ1) is 11.8. The van der Waals surface area contributed by atoms with Crippen LogP contribution in [0.4, 0.5) is 0 Å². The number of hydrogen-bond acceptors (Lipinski definition) is 4. The Labute approximate surface area is 102 Å². The molecular weight excluding hydrogens is 240 g/mol. The van der Waals surface area contributed by atoms with Gasteiger partial charge >= 0.3 is 5.97 Å². The lowest BCUT2D eigenvalue weighted by molar-refractivity contribution is 0.0702. The minimum absolute atomic E-state index is 0.338. The maximum atomic E-state index is 10.8. The third kappa shape index (κ3) is 2.72. The molecule has 0 amide bonds. The van der Waals surface area contributed by atoms with Gasteiger partial charge in [-0.2, -0.15) is 5.10 Å². The molecule has 2 aromatic rings. The van der Waals surface area contributed by atoms with E-state index in [1.54, 1.807) is 30.1 Å². The molecule has 6 heteroatoms. The number of methoxy groups -OCH3 is 1. The number of carboxylic acid groups (broad SMARTS) is 1. The second-order valence-electron chi connectivity index (χ2n) is 3.45. The van der Waals surface area contributed by atoms with E-state index in [4.69, 9.17) is 9.84 Å². The molecule has 2 rings (SSSR count). The summed E-state index contributed by atoms with van der Waals surface area (Å²) >= 11 is 1.25. The summed E-state index contributed by atoms with van der Waals surface area (Å²) in [5.41, 5.74) is 0.929. The average molecular weight is 252 g/mol. The van der Waals surface area contributed by atoms with Crippen molar-refractivity contribution in [2.45, 2.75) is 6.54 Å². The van der Waals surface area contributed by atoms with Crippen molar-refractivity contribution in [2.24, 2.45) is 0 Å². The van der Waals surface area contributed by atoms with Crippen LogP contribution in [0.1, 0.15) is 9.67 Å². The summed E-state index contributed by atoms with van der Waals surface area (Å²) in [6, 6.07) is 3.40.